The van der Waals surface area contributed by atoms with Gasteiger partial charge in [0.2, 0.25) is 0 Å². The first-order chi connectivity index (χ1) is 24.8. The quantitative estimate of drug-likeness (QED) is 0.142. The average Bonchev–Trinajstić information content (AvgIpc) is 3.63. The van der Waals surface area contributed by atoms with Crippen molar-refractivity contribution < 1.29 is 46.9 Å². The summed E-state index contributed by atoms with van der Waals surface area (Å²) < 4.78 is 51.0. The molecule has 1 aromatic rings. The van der Waals surface area contributed by atoms with E-state index in [1.54, 1.807) is 37.9 Å². The molecule has 0 radical (unpaired) electrons. The number of hydrogen-bond acceptors (Lipinski definition) is 14. The summed E-state index contributed by atoms with van der Waals surface area (Å²) in [6, 6.07) is 5.40. The van der Waals surface area contributed by atoms with Gasteiger partial charge in [-0.05, 0) is 61.6 Å². The summed E-state index contributed by atoms with van der Waals surface area (Å²) in [4.78, 5) is 43.0. The molecule has 3 heterocycles. The zero-order valence-electron chi connectivity index (χ0n) is 32.1. The molecule has 1 aliphatic carbocycles. The van der Waals surface area contributed by atoms with Gasteiger partial charge in [0.25, 0.3) is 0 Å². The minimum absolute atomic E-state index is 0.0271. The Balaban J connectivity index is 1.43. The molecule has 0 spiro atoms. The van der Waals surface area contributed by atoms with Crippen molar-refractivity contribution in [2.75, 3.05) is 6.61 Å². The lowest BCUT2D eigenvalue weighted by molar-refractivity contribution is -0.173. The predicted molar refractivity (Wildman–Crippen MR) is 197 cm³/mol. The topological polar surface area (TPSA) is 190 Å². The van der Waals surface area contributed by atoms with E-state index >= 15 is 0 Å². The third-order valence-corrected chi connectivity index (χ3v) is 11.7. The number of hydrazone groups is 1. The van der Waals surface area contributed by atoms with Gasteiger partial charge in [-0.3, -0.25) is 23.9 Å². The van der Waals surface area contributed by atoms with Crippen LogP contribution in [0, 0.1) is 5.41 Å². The number of nitrogens with zero attached hydrogens (tertiary/aromatic N) is 3. The molecule has 292 valence electrons. The number of benzene rings is 1. The number of esters is 3. The van der Waals surface area contributed by atoms with Gasteiger partial charge in [0, 0.05) is 12.8 Å². The third-order valence-electron chi connectivity index (χ3n) is 10.0. The molecule has 2 unspecified atom stereocenters. The van der Waals surface area contributed by atoms with Gasteiger partial charge in [-0.25, -0.2) is 9.56 Å². The van der Waals surface area contributed by atoms with Crippen LogP contribution < -0.4 is 15.3 Å². The summed E-state index contributed by atoms with van der Waals surface area (Å²) in [5, 5.41) is 8.80. The molecule has 1 saturated carbocycles. The van der Waals surface area contributed by atoms with Crippen molar-refractivity contribution in [2.45, 2.75) is 142 Å². The first-order valence-corrected chi connectivity index (χ1v) is 19.8. The molecular weight excluding hydrogens is 705 g/mol. The Bertz CT molecular complexity index is 1680. The number of fused-ring (bicyclic) bond motifs is 1. The maximum absolute atomic E-state index is 14.7. The van der Waals surface area contributed by atoms with Crippen LogP contribution in [0.2, 0.25) is 0 Å². The monoisotopic (exact) mass is 759 g/mol. The van der Waals surface area contributed by atoms with E-state index in [-0.39, 0.29) is 41.4 Å². The predicted octanol–water partition coefficient (Wildman–Crippen LogP) is 5.27. The van der Waals surface area contributed by atoms with Crippen LogP contribution in [-0.4, -0.2) is 83.8 Å². The molecule has 53 heavy (non-hydrogen) atoms. The van der Waals surface area contributed by atoms with Crippen molar-refractivity contribution in [3.05, 3.63) is 41.6 Å². The number of hydrogen-bond donors (Lipinski definition) is 2. The Hall–Kier alpha value is -3.78. The number of nitrogens with two attached hydrogens (primary N) is 1. The van der Waals surface area contributed by atoms with E-state index in [2.05, 4.69) is 49.8 Å². The largest absolute Gasteiger partial charge is 0.461 e. The Morgan fingerprint density at radius 2 is 1.70 bits per heavy atom. The number of nitrogens with one attached hydrogen (secondary N) is 1. The van der Waals surface area contributed by atoms with E-state index in [0.717, 1.165) is 18.4 Å². The summed E-state index contributed by atoms with van der Waals surface area (Å²) in [7, 11) is -4.39. The number of rotatable bonds is 14. The molecular formula is C37H54N5O10P. The van der Waals surface area contributed by atoms with Crippen LogP contribution in [0.25, 0.3) is 0 Å². The molecule has 4 aliphatic rings. The normalized spacial score (nSPS) is 28.1. The summed E-state index contributed by atoms with van der Waals surface area (Å²) in [6.45, 7) is 16.5. The van der Waals surface area contributed by atoms with Gasteiger partial charge in [0.05, 0.1) is 18.3 Å². The highest BCUT2D eigenvalue weighted by Crippen LogP contribution is 2.49. The van der Waals surface area contributed by atoms with Crippen molar-refractivity contribution in [3.8, 4) is 5.75 Å². The number of carbonyl (C=O) groups excluding carboxylic acids is 3. The molecule has 3 N–H and O–H groups in total. The molecule has 3 aliphatic heterocycles. The lowest BCUT2D eigenvalue weighted by atomic mass is 9.70. The van der Waals surface area contributed by atoms with Crippen molar-refractivity contribution >= 4 is 37.8 Å². The van der Waals surface area contributed by atoms with Gasteiger partial charge in [-0.2, -0.15) is 10.2 Å². The van der Waals surface area contributed by atoms with Crippen LogP contribution in [-0.2, 0) is 47.8 Å². The van der Waals surface area contributed by atoms with Crippen LogP contribution >= 0.6 is 7.75 Å². The second kappa shape index (κ2) is 15.5. The number of carbonyl (C=O) groups is 3. The summed E-state index contributed by atoms with van der Waals surface area (Å²) >= 11 is 0. The molecule has 15 nitrogen and oxygen atoms in total. The van der Waals surface area contributed by atoms with Gasteiger partial charge in [0.15, 0.2) is 18.0 Å². The van der Waals surface area contributed by atoms with E-state index in [4.69, 9.17) is 33.7 Å². The van der Waals surface area contributed by atoms with Crippen LogP contribution in [0.15, 0.2) is 46.1 Å². The zero-order chi connectivity index (χ0) is 38.9. The number of ether oxygens (including phenoxy) is 4. The minimum Gasteiger partial charge on any atom is -0.461 e. The molecule has 0 bridgehead atoms. The van der Waals surface area contributed by atoms with E-state index in [1.165, 1.54) is 13.3 Å². The maximum atomic E-state index is 14.7. The van der Waals surface area contributed by atoms with Gasteiger partial charge in [-0.1, -0.05) is 66.7 Å². The van der Waals surface area contributed by atoms with Crippen LogP contribution in [0.3, 0.4) is 0 Å². The van der Waals surface area contributed by atoms with Gasteiger partial charge in [0.1, 0.15) is 35.9 Å². The van der Waals surface area contributed by atoms with Crippen molar-refractivity contribution in [1.29, 1.82) is 0 Å². The molecule has 5 rings (SSSR count). The molecule has 7 atom stereocenters. The van der Waals surface area contributed by atoms with Crippen LogP contribution in [0.1, 0.15) is 100.0 Å². The Kier molecular flexibility index (Phi) is 11.8. The van der Waals surface area contributed by atoms with Crippen LogP contribution in [0.4, 0.5) is 0 Å². The highest BCUT2D eigenvalue weighted by atomic mass is 31.2. The molecule has 1 aromatic carbocycles. The summed E-state index contributed by atoms with van der Waals surface area (Å²) in [6.07, 6.45) is 1.38. The maximum Gasteiger partial charge on any atom is 0.459 e. The fourth-order valence-electron chi connectivity index (χ4n) is 7.02. The first-order valence-electron chi connectivity index (χ1n) is 18.2. The highest BCUT2D eigenvalue weighted by molar-refractivity contribution is 7.52. The van der Waals surface area contributed by atoms with Crippen molar-refractivity contribution in [3.63, 3.8) is 0 Å². The molecule has 0 aromatic heterocycles. The van der Waals surface area contributed by atoms with Gasteiger partial charge < -0.3 is 29.2 Å². The number of aliphatic imine (C=N–C) groups is 1. The molecule has 2 fully saturated rings. The zero-order valence-corrected chi connectivity index (χ0v) is 33.0. The van der Waals surface area contributed by atoms with Crippen molar-refractivity contribution in [2.24, 2.45) is 21.2 Å². The lowest BCUT2D eigenvalue weighted by Gasteiger charge is -2.42. The van der Waals surface area contributed by atoms with E-state index in [1.807, 2.05) is 18.2 Å². The minimum atomic E-state index is -4.39. The first kappa shape index (κ1) is 40.4. The highest BCUT2D eigenvalue weighted by Gasteiger charge is 2.62. The van der Waals surface area contributed by atoms with Gasteiger partial charge >= 0.3 is 25.7 Å². The number of amidine groups is 1. The van der Waals surface area contributed by atoms with E-state index < -0.39 is 68.3 Å². The smallest absolute Gasteiger partial charge is 0.459 e. The Morgan fingerprint density at radius 1 is 1.06 bits per heavy atom. The Morgan fingerprint density at radius 3 is 2.30 bits per heavy atom. The van der Waals surface area contributed by atoms with Crippen LogP contribution in [0.5, 0.6) is 5.75 Å². The van der Waals surface area contributed by atoms with Crippen molar-refractivity contribution in [1.82, 2.24) is 10.1 Å². The third kappa shape index (κ3) is 9.13. The SMILES string of the molecule is CCC(=O)O[C@H]1[C@@H](OC(=O)CC)[C@](C)(C2CC=C3C(N)=NC=NN32)O[C@@H]1COP(=O)(N[C@@H](C)C(=O)OC1CC(C)(C)C1)Oc1ccc(C(C)(C)C)cc1. The van der Waals surface area contributed by atoms with E-state index in [9.17, 15) is 18.9 Å². The Labute approximate surface area is 311 Å². The molecule has 16 heteroatoms. The summed E-state index contributed by atoms with van der Waals surface area (Å²) in [5.74, 6) is -1.25. The average molecular weight is 760 g/mol. The van der Waals surface area contributed by atoms with E-state index in [0.29, 0.717) is 12.1 Å². The molecule has 0 amide bonds. The lowest BCUT2D eigenvalue weighted by Crippen LogP contribution is -2.56. The van der Waals surface area contributed by atoms with Gasteiger partial charge in [-0.15, -0.1) is 0 Å². The fourth-order valence-corrected chi connectivity index (χ4v) is 8.53. The standard InChI is InChI=1S/C37H54N5O10P/c1-10-29(43)49-31-27(51-37(9,32(31)50-30(44)11-2)28-17-16-26-33(38)39-21-40-42(26)28)20-47-53(46,52-24-14-12-23(13-15-24)35(4,5)6)41-22(3)34(45)48-25-18-36(7,8)19-25/h12-16,21-22,25,27-28,31-32H,10-11,17-20H2,1-9H3,(H,41,46)(H2,38,39,40)/t22-,27+,28?,31+,32+,37-,53?/m0/s1. The summed E-state index contributed by atoms with van der Waals surface area (Å²) in [5.41, 5.74) is 6.32. The molecule has 1 saturated heterocycles. The second-order valence-electron chi connectivity index (χ2n) is 16.0. The fraction of sp³-hybridized carbons (Fsp3) is 0.649. The second-order valence-corrected chi connectivity index (χ2v) is 17.7.